The molecule has 20 heteroatoms. The molecule has 4 fully saturated rings. The fraction of sp³-hybridized carbons (Fsp3) is 0.185. The number of phenols is 4. The van der Waals surface area contributed by atoms with E-state index in [0.717, 1.165) is 152 Å². The van der Waals surface area contributed by atoms with Crippen LogP contribution in [0.1, 0.15) is 177 Å². The smallest absolute Gasteiger partial charge is 0.307 e. The molecule has 4 aliphatic rings. The largest absolute Gasteiger partial charge is 0.508 e. The summed E-state index contributed by atoms with van der Waals surface area (Å²) in [6.07, 6.45) is 2.69. The van der Waals surface area contributed by atoms with E-state index in [9.17, 15) is 79.2 Å². The number of carboxylic acids is 4. The molecule has 128 heavy (non-hydrogen) atoms. The molecular formula is C108H88O16S4. The van der Waals surface area contributed by atoms with E-state index in [2.05, 4.69) is 0 Å². The van der Waals surface area contributed by atoms with Crippen molar-refractivity contribution in [2.75, 3.05) is 0 Å². The highest BCUT2D eigenvalue weighted by atomic mass is 32.1. The van der Waals surface area contributed by atoms with Gasteiger partial charge in [-0.3, -0.25) is 38.4 Å². The summed E-state index contributed by atoms with van der Waals surface area (Å²) in [7, 11) is 0. The quantitative estimate of drug-likeness (QED) is 0.0329. The first-order valence-corrected chi connectivity index (χ1v) is 45.4. The van der Waals surface area contributed by atoms with Crippen molar-refractivity contribution in [2.24, 2.45) is 23.7 Å². The molecule has 0 spiro atoms. The lowest BCUT2D eigenvalue weighted by Gasteiger charge is -2.10. The molecule has 8 atom stereocenters. The first-order valence-electron chi connectivity index (χ1n) is 42.2. The Morgan fingerprint density at radius 2 is 0.484 bits per heavy atom. The van der Waals surface area contributed by atoms with Crippen LogP contribution in [0.5, 0.6) is 23.0 Å². The number of ketones is 4. The van der Waals surface area contributed by atoms with Gasteiger partial charge in [-0.2, -0.15) is 0 Å². The van der Waals surface area contributed by atoms with Crippen molar-refractivity contribution in [3.63, 3.8) is 0 Å². The molecule has 4 aromatic heterocycles. The lowest BCUT2D eigenvalue weighted by molar-refractivity contribution is -0.139. The van der Waals surface area contributed by atoms with E-state index in [1.807, 2.05) is 250 Å². The van der Waals surface area contributed by atoms with Crippen LogP contribution in [0, 0.1) is 79.1 Å². The minimum absolute atomic E-state index is 0.0199. The minimum atomic E-state index is -0.746. The Balaban J connectivity index is 0.000000120. The van der Waals surface area contributed by atoms with Crippen molar-refractivity contribution in [3.8, 4) is 67.5 Å². The van der Waals surface area contributed by atoms with Gasteiger partial charge in [0.2, 0.25) is 23.1 Å². The number of rotatable bonds is 20. The molecule has 0 bridgehead atoms. The van der Waals surface area contributed by atoms with Gasteiger partial charge in [0.05, 0.1) is 43.2 Å². The van der Waals surface area contributed by atoms with Gasteiger partial charge in [-0.25, -0.2) is 0 Å². The van der Waals surface area contributed by atoms with E-state index < -0.39 is 23.9 Å². The second-order valence-corrected chi connectivity index (χ2v) is 38.3. The number of phenolic OH excluding ortho intramolecular Hbond substituents is 4. The SMILES string of the molecule is Cc1ccc(C(=O)c2sc3cc(O)ccc3c2-c2ccc(C3CC3C(=O)O)cc2)c(C)c1.Cc1ccc(C(=O)c2sc3cc(O)ccc3c2-c2ccc(C3CC3C(=O)O)cc2)c(C)c1.Cc1ccc(C(=O)c2sc3cc(O)ccc3c2-c2ccc(C3CC3C(=O)O)cc2)c(C)c1.Cc1cccc(C)c1C(=O)c1sc2cc(O)ccc2c1-c1ccc(C2CC2C(=O)O)cc1. The first-order chi connectivity index (χ1) is 61.3. The third-order valence-corrected chi connectivity index (χ3v) is 29.7. The van der Waals surface area contributed by atoms with Gasteiger partial charge in [-0.05, 0) is 250 Å². The highest BCUT2D eigenvalue weighted by Crippen LogP contribution is 2.54. The molecule has 0 amide bonds. The van der Waals surface area contributed by atoms with Crippen LogP contribution in [0.3, 0.4) is 0 Å². The second kappa shape index (κ2) is 34.9. The second-order valence-electron chi connectivity index (χ2n) is 34.1. The predicted molar refractivity (Wildman–Crippen MR) is 507 cm³/mol. The average Bonchev–Trinajstić information content (AvgIpc) is 1.61. The molecule has 0 aliphatic heterocycles. The number of hydrogen-bond acceptors (Lipinski definition) is 16. The van der Waals surface area contributed by atoms with Crippen LogP contribution in [0.2, 0.25) is 0 Å². The molecule has 20 rings (SSSR count). The van der Waals surface area contributed by atoms with E-state index in [1.54, 1.807) is 48.5 Å². The maximum atomic E-state index is 13.7. The molecule has 8 N–H and O–H groups in total. The highest BCUT2D eigenvalue weighted by Gasteiger charge is 2.47. The summed E-state index contributed by atoms with van der Waals surface area (Å²) in [6, 6.07) is 75.6. The molecular weight excluding hydrogens is 1680 g/mol. The van der Waals surface area contributed by atoms with E-state index in [4.69, 9.17) is 0 Å². The zero-order chi connectivity index (χ0) is 90.3. The Labute approximate surface area is 753 Å². The fourth-order valence-electron chi connectivity index (χ4n) is 17.9. The lowest BCUT2D eigenvalue weighted by Crippen LogP contribution is -2.05. The number of benzene rings is 12. The number of carbonyl (C=O) groups excluding carboxylic acids is 4. The summed E-state index contributed by atoms with van der Waals surface area (Å²) in [4.78, 5) is 102. The Kier molecular flexibility index (Phi) is 23.5. The Hall–Kier alpha value is -13.8. The Morgan fingerprint density at radius 3 is 0.695 bits per heavy atom. The maximum Gasteiger partial charge on any atom is 0.307 e. The predicted octanol–water partition coefficient (Wildman–Crippen LogP) is 25.2. The van der Waals surface area contributed by atoms with Gasteiger partial charge in [0, 0.05) is 84.9 Å². The number of aryl methyl sites for hydroxylation is 8. The lowest BCUT2D eigenvalue weighted by atomic mass is 9.93. The summed E-state index contributed by atoms with van der Waals surface area (Å²) >= 11 is 5.56. The van der Waals surface area contributed by atoms with E-state index in [-0.39, 0.29) is 93.5 Å². The summed E-state index contributed by atoms with van der Waals surface area (Å²) in [6.45, 7) is 15.7. The molecule has 640 valence electrons. The molecule has 12 aromatic carbocycles. The third-order valence-electron chi connectivity index (χ3n) is 25.0. The number of aliphatic carboxylic acids is 4. The molecule has 16 nitrogen and oxygen atoms in total. The number of hydrogen-bond donors (Lipinski definition) is 8. The van der Waals surface area contributed by atoms with Crippen LogP contribution in [-0.4, -0.2) is 87.9 Å². The van der Waals surface area contributed by atoms with E-state index >= 15 is 0 Å². The average molecular weight is 1770 g/mol. The maximum absolute atomic E-state index is 13.7. The molecule has 8 unspecified atom stereocenters. The van der Waals surface area contributed by atoms with Crippen LogP contribution < -0.4 is 0 Å². The van der Waals surface area contributed by atoms with Crippen LogP contribution >= 0.6 is 45.3 Å². The number of carbonyl (C=O) groups is 8. The fourth-order valence-corrected chi connectivity index (χ4v) is 22.8. The van der Waals surface area contributed by atoms with Crippen molar-refractivity contribution in [1.29, 1.82) is 0 Å². The van der Waals surface area contributed by atoms with E-state index in [1.165, 1.54) is 45.3 Å². The highest BCUT2D eigenvalue weighted by molar-refractivity contribution is 7.23. The zero-order valence-corrected chi connectivity index (χ0v) is 74.3. The first kappa shape index (κ1) is 86.4. The normalized spacial score (nSPS) is 17.4. The van der Waals surface area contributed by atoms with Crippen molar-refractivity contribution < 1.29 is 79.2 Å². The van der Waals surface area contributed by atoms with Crippen LogP contribution in [-0.2, 0) is 19.2 Å². The van der Waals surface area contributed by atoms with E-state index in [0.29, 0.717) is 67.4 Å². The minimum Gasteiger partial charge on any atom is -0.508 e. The van der Waals surface area contributed by atoms with Gasteiger partial charge in [0.1, 0.15) is 23.0 Å². The number of fused-ring (bicyclic) bond motifs is 4. The number of aromatic hydroxyl groups is 4. The third kappa shape index (κ3) is 17.3. The van der Waals surface area contributed by atoms with Gasteiger partial charge in [-0.15, -0.1) is 45.3 Å². The van der Waals surface area contributed by atoms with Crippen molar-refractivity contribution >= 4 is 133 Å². The monoisotopic (exact) mass is 1770 g/mol. The van der Waals surface area contributed by atoms with Crippen LogP contribution in [0.25, 0.3) is 84.9 Å². The Morgan fingerprint density at radius 1 is 0.258 bits per heavy atom. The van der Waals surface area contributed by atoms with Gasteiger partial charge in [0.15, 0.2) is 0 Å². The van der Waals surface area contributed by atoms with Crippen molar-refractivity contribution in [1.82, 2.24) is 0 Å². The summed E-state index contributed by atoms with van der Waals surface area (Å²) in [5, 5.41) is 80.5. The summed E-state index contributed by atoms with van der Waals surface area (Å²) < 4.78 is 3.41. The molecule has 0 radical (unpaired) electrons. The number of carboxylic acid groups (broad SMARTS) is 4. The molecule has 16 aromatic rings. The van der Waals surface area contributed by atoms with Crippen LogP contribution in [0.15, 0.2) is 243 Å². The summed E-state index contributed by atoms with van der Waals surface area (Å²) in [5.41, 5.74) is 21.8. The Bertz CT molecular complexity index is 6710. The standard InChI is InChI=1S/4C27H22O4S/c3*1-14-3-9-19(15(2)11-14)25(29)26-24(20-10-8-18(28)12-23(20)32-26)17-6-4-16(5-7-17)21-13-22(21)27(30)31;1-14-4-3-5-15(2)23(14)25(29)26-24(19-11-10-18(28)12-22(19)32-26)17-8-6-16(7-9-17)20-13-21(20)27(30)31/h3*3-12,21-22,28H,13H2,1-2H3,(H,30,31);3-12,20-21,28H,13H2,1-2H3,(H,30,31). The number of thiophene rings is 4. The molecule has 0 saturated heterocycles. The van der Waals surface area contributed by atoms with Crippen LogP contribution in [0.4, 0.5) is 0 Å². The van der Waals surface area contributed by atoms with Crippen molar-refractivity contribution in [2.45, 2.75) is 105 Å². The van der Waals surface area contributed by atoms with Gasteiger partial charge in [-0.1, -0.05) is 187 Å². The topological polar surface area (TPSA) is 298 Å². The van der Waals surface area contributed by atoms with Crippen molar-refractivity contribution in [3.05, 3.63) is 351 Å². The zero-order valence-electron chi connectivity index (χ0n) is 71.0. The van der Waals surface area contributed by atoms with Gasteiger partial charge < -0.3 is 40.9 Å². The molecule has 4 aliphatic carbocycles. The molecule has 4 heterocycles. The summed E-state index contributed by atoms with van der Waals surface area (Å²) in [5.74, 6) is -3.38. The van der Waals surface area contributed by atoms with Gasteiger partial charge >= 0.3 is 23.9 Å². The molecule has 4 saturated carbocycles. The van der Waals surface area contributed by atoms with Gasteiger partial charge in [0.25, 0.3) is 0 Å².